The topological polar surface area (TPSA) is 86.8 Å². The molecule has 1 N–H and O–H groups in total. The number of aryl methyl sites for hydroxylation is 1. The van der Waals surface area contributed by atoms with Gasteiger partial charge in [0, 0.05) is 28.5 Å². The van der Waals surface area contributed by atoms with Crippen molar-refractivity contribution in [2.45, 2.75) is 57.1 Å². The van der Waals surface area contributed by atoms with E-state index in [1.807, 2.05) is 51.1 Å². The molecule has 0 aliphatic heterocycles. The summed E-state index contributed by atoms with van der Waals surface area (Å²) in [6.07, 6.45) is 0.195. The van der Waals surface area contributed by atoms with Crippen LogP contribution >= 0.6 is 23.2 Å². The summed E-state index contributed by atoms with van der Waals surface area (Å²) >= 11 is 13.0. The summed E-state index contributed by atoms with van der Waals surface area (Å²) in [5, 5.41) is 3.79. The van der Waals surface area contributed by atoms with Crippen LogP contribution in [0.4, 0.5) is 5.69 Å². The van der Waals surface area contributed by atoms with E-state index in [-0.39, 0.29) is 29.5 Å². The van der Waals surface area contributed by atoms with Gasteiger partial charge >= 0.3 is 0 Å². The zero-order valence-electron chi connectivity index (χ0n) is 25.7. The Labute approximate surface area is 275 Å². The molecule has 0 aromatic heterocycles. The molecular formula is C35H37Cl2N3O4S. The molecule has 0 fully saturated rings. The second-order valence-electron chi connectivity index (χ2n) is 11.8. The summed E-state index contributed by atoms with van der Waals surface area (Å²) < 4.78 is 29.2. The van der Waals surface area contributed by atoms with Crippen molar-refractivity contribution in [3.8, 4) is 0 Å². The quantitative estimate of drug-likeness (QED) is 0.186. The van der Waals surface area contributed by atoms with Crippen molar-refractivity contribution in [3.05, 3.63) is 130 Å². The van der Waals surface area contributed by atoms with Crippen molar-refractivity contribution in [2.75, 3.05) is 10.8 Å². The maximum Gasteiger partial charge on any atom is 0.264 e. The molecule has 0 saturated heterocycles. The first-order valence-electron chi connectivity index (χ1n) is 14.5. The molecule has 0 spiro atoms. The highest BCUT2D eigenvalue weighted by Crippen LogP contribution is 2.29. The molecule has 4 aromatic rings. The number of hydrogen-bond acceptors (Lipinski definition) is 4. The van der Waals surface area contributed by atoms with Gasteiger partial charge in [-0.1, -0.05) is 96.0 Å². The van der Waals surface area contributed by atoms with Gasteiger partial charge in [-0.05, 0) is 74.7 Å². The molecule has 0 bridgehead atoms. The highest BCUT2D eigenvalue weighted by atomic mass is 35.5. The molecule has 0 saturated carbocycles. The maximum absolute atomic E-state index is 14.5. The van der Waals surface area contributed by atoms with E-state index in [2.05, 4.69) is 5.32 Å². The molecule has 2 amide bonds. The van der Waals surface area contributed by atoms with Gasteiger partial charge in [0.1, 0.15) is 12.6 Å². The first-order chi connectivity index (χ1) is 21.3. The number of anilines is 1. The van der Waals surface area contributed by atoms with Gasteiger partial charge in [-0.2, -0.15) is 0 Å². The average molecular weight is 667 g/mol. The Morgan fingerprint density at radius 3 is 2.02 bits per heavy atom. The van der Waals surface area contributed by atoms with E-state index in [1.165, 1.54) is 23.1 Å². The van der Waals surface area contributed by atoms with Gasteiger partial charge in [0.2, 0.25) is 11.8 Å². The van der Waals surface area contributed by atoms with E-state index in [0.29, 0.717) is 15.6 Å². The van der Waals surface area contributed by atoms with Crippen LogP contribution in [0.5, 0.6) is 0 Å². The van der Waals surface area contributed by atoms with Gasteiger partial charge in [-0.3, -0.25) is 13.9 Å². The van der Waals surface area contributed by atoms with Gasteiger partial charge in [0.05, 0.1) is 10.6 Å². The standard InChI is InChI=1S/C35H37Cl2N3O4S/c1-25-19-20-28(22-31(25)37)40(45(43,44)29-16-9-6-10-17-29)24-33(41)39(23-27-15-11-12-18-30(27)36)32(34(42)38-35(2,3)4)21-26-13-7-5-8-14-26/h5-20,22,32H,21,23-24H2,1-4H3,(H,38,42)/t32-/m1/s1. The minimum atomic E-state index is -4.23. The first-order valence-corrected chi connectivity index (χ1v) is 16.7. The SMILES string of the molecule is Cc1ccc(N(CC(=O)N(Cc2ccccc2Cl)[C@H](Cc2ccccc2)C(=O)NC(C)(C)C)S(=O)(=O)c2ccccc2)cc1Cl. The Hall–Kier alpha value is -3.85. The molecule has 45 heavy (non-hydrogen) atoms. The predicted molar refractivity (Wildman–Crippen MR) is 181 cm³/mol. The monoisotopic (exact) mass is 665 g/mol. The van der Waals surface area contributed by atoms with Crippen molar-refractivity contribution in [1.29, 1.82) is 0 Å². The lowest BCUT2D eigenvalue weighted by molar-refractivity contribution is -0.140. The number of carbonyl (C=O) groups is 2. The summed E-state index contributed by atoms with van der Waals surface area (Å²) in [5.41, 5.74) is 1.84. The lowest BCUT2D eigenvalue weighted by Crippen LogP contribution is -2.56. The minimum Gasteiger partial charge on any atom is -0.350 e. The summed E-state index contributed by atoms with van der Waals surface area (Å²) in [6.45, 7) is 6.78. The molecule has 4 rings (SSSR count). The van der Waals surface area contributed by atoms with Crippen molar-refractivity contribution in [1.82, 2.24) is 10.2 Å². The average Bonchev–Trinajstić information content (AvgIpc) is 3.00. The van der Waals surface area contributed by atoms with Gasteiger partial charge < -0.3 is 10.2 Å². The third-order valence-corrected chi connectivity index (χ3v) is 9.69. The van der Waals surface area contributed by atoms with Crippen LogP contribution in [-0.2, 0) is 32.6 Å². The summed E-state index contributed by atoms with van der Waals surface area (Å²) in [7, 11) is -4.23. The van der Waals surface area contributed by atoms with E-state index in [4.69, 9.17) is 23.2 Å². The fraction of sp³-hybridized carbons (Fsp3) is 0.257. The van der Waals surface area contributed by atoms with E-state index >= 15 is 0 Å². The normalized spacial score (nSPS) is 12.3. The molecule has 236 valence electrons. The van der Waals surface area contributed by atoms with E-state index in [0.717, 1.165) is 15.4 Å². The highest BCUT2D eigenvalue weighted by Gasteiger charge is 2.36. The lowest BCUT2D eigenvalue weighted by Gasteiger charge is -2.35. The molecule has 4 aromatic carbocycles. The Morgan fingerprint density at radius 1 is 0.822 bits per heavy atom. The van der Waals surface area contributed by atoms with Crippen LogP contribution in [0.25, 0.3) is 0 Å². The van der Waals surface area contributed by atoms with Crippen molar-refractivity contribution >= 4 is 50.7 Å². The fourth-order valence-corrected chi connectivity index (χ4v) is 6.60. The number of carbonyl (C=O) groups excluding carboxylic acids is 2. The van der Waals surface area contributed by atoms with Crippen LogP contribution in [0.3, 0.4) is 0 Å². The molecule has 10 heteroatoms. The second-order valence-corrected chi connectivity index (χ2v) is 14.5. The van der Waals surface area contributed by atoms with E-state index in [9.17, 15) is 18.0 Å². The second kappa shape index (κ2) is 14.5. The number of halogens is 2. The fourth-order valence-electron chi connectivity index (χ4n) is 4.80. The highest BCUT2D eigenvalue weighted by molar-refractivity contribution is 7.92. The van der Waals surface area contributed by atoms with E-state index in [1.54, 1.807) is 61.5 Å². The number of benzene rings is 4. The molecule has 1 atom stereocenters. The van der Waals surface area contributed by atoms with Crippen molar-refractivity contribution in [2.24, 2.45) is 0 Å². The smallest absolute Gasteiger partial charge is 0.264 e. The molecule has 0 aliphatic carbocycles. The lowest BCUT2D eigenvalue weighted by atomic mass is 10.0. The zero-order valence-corrected chi connectivity index (χ0v) is 28.0. The van der Waals surface area contributed by atoms with Crippen LogP contribution in [0.1, 0.15) is 37.5 Å². The predicted octanol–water partition coefficient (Wildman–Crippen LogP) is 7.05. The summed E-state index contributed by atoms with van der Waals surface area (Å²) in [4.78, 5) is 29.9. The summed E-state index contributed by atoms with van der Waals surface area (Å²) in [5.74, 6) is -0.960. The Bertz CT molecular complexity index is 1740. The number of sulfonamides is 1. The molecule has 0 unspecified atom stereocenters. The maximum atomic E-state index is 14.5. The van der Waals surface area contributed by atoms with Gasteiger partial charge in [0.25, 0.3) is 10.0 Å². The van der Waals surface area contributed by atoms with Crippen LogP contribution in [0.15, 0.2) is 108 Å². The minimum absolute atomic E-state index is 0.0125. The Balaban J connectivity index is 1.84. The molecule has 0 aliphatic rings. The largest absolute Gasteiger partial charge is 0.350 e. The number of amides is 2. The van der Waals surface area contributed by atoms with Crippen LogP contribution in [0.2, 0.25) is 10.0 Å². The number of nitrogens with zero attached hydrogens (tertiary/aromatic N) is 2. The molecule has 7 nitrogen and oxygen atoms in total. The zero-order chi connectivity index (χ0) is 32.8. The van der Waals surface area contributed by atoms with Crippen molar-refractivity contribution in [3.63, 3.8) is 0 Å². The molecule has 0 heterocycles. The first kappa shape index (κ1) is 34.0. The van der Waals surface area contributed by atoms with Crippen LogP contribution < -0.4 is 9.62 Å². The third kappa shape index (κ3) is 8.87. The van der Waals surface area contributed by atoms with Crippen LogP contribution in [-0.4, -0.2) is 43.3 Å². The molecule has 0 radical (unpaired) electrons. The van der Waals surface area contributed by atoms with Crippen LogP contribution in [0, 0.1) is 6.92 Å². The molecular weight excluding hydrogens is 629 g/mol. The Kier molecular flexibility index (Phi) is 11.0. The number of rotatable bonds is 11. The number of nitrogens with one attached hydrogen (secondary N) is 1. The van der Waals surface area contributed by atoms with Crippen molar-refractivity contribution < 1.29 is 18.0 Å². The van der Waals surface area contributed by atoms with Gasteiger partial charge in [-0.25, -0.2) is 8.42 Å². The Morgan fingerprint density at radius 2 is 1.42 bits per heavy atom. The van der Waals surface area contributed by atoms with E-state index < -0.39 is 34.1 Å². The van der Waals surface area contributed by atoms with Gasteiger partial charge in [0.15, 0.2) is 0 Å². The summed E-state index contributed by atoms with van der Waals surface area (Å²) in [6, 6.07) is 28.2. The number of hydrogen-bond donors (Lipinski definition) is 1. The third-order valence-electron chi connectivity index (χ3n) is 7.12. The van der Waals surface area contributed by atoms with Gasteiger partial charge in [-0.15, -0.1) is 0 Å².